The number of hydrogen-bond donors (Lipinski definition) is 2. The second kappa shape index (κ2) is 6.05. The van der Waals surface area contributed by atoms with E-state index >= 15 is 0 Å². The molecule has 0 bridgehead atoms. The van der Waals surface area contributed by atoms with Crippen LogP contribution in [0, 0.1) is 17.8 Å². The van der Waals surface area contributed by atoms with Crippen LogP contribution in [0.15, 0.2) is 24.3 Å². The van der Waals surface area contributed by atoms with E-state index in [0.29, 0.717) is 17.7 Å². The van der Waals surface area contributed by atoms with Crippen molar-refractivity contribution >= 4 is 11.8 Å². The van der Waals surface area contributed by atoms with Gasteiger partial charge in [0.2, 0.25) is 5.91 Å². The zero-order valence-electron chi connectivity index (χ0n) is 10.8. The molecule has 0 atom stereocenters. The van der Waals surface area contributed by atoms with Gasteiger partial charge >= 0.3 is 0 Å². The van der Waals surface area contributed by atoms with Crippen molar-refractivity contribution in [3.8, 4) is 11.8 Å². The second-order valence-electron chi connectivity index (χ2n) is 4.42. The number of rotatable bonds is 3. The molecule has 0 spiro atoms. The minimum atomic E-state index is -0.160. The molecule has 0 heterocycles. The molecule has 2 N–H and O–H groups in total. The topological polar surface area (TPSA) is 58.2 Å². The molecule has 0 aromatic heterocycles. The maximum atomic E-state index is 11.6. The molecule has 0 unspecified atom stereocenters. The number of carbonyl (C=O) groups is 2. The van der Waals surface area contributed by atoms with Crippen LogP contribution in [0.2, 0.25) is 0 Å². The van der Waals surface area contributed by atoms with Crippen molar-refractivity contribution in [2.45, 2.75) is 12.8 Å². The molecule has 0 aliphatic heterocycles. The minimum Gasteiger partial charge on any atom is -0.355 e. The Balaban J connectivity index is 1.98. The largest absolute Gasteiger partial charge is 0.355 e. The van der Waals surface area contributed by atoms with E-state index in [2.05, 4.69) is 22.5 Å². The van der Waals surface area contributed by atoms with Crippen molar-refractivity contribution in [2.24, 2.45) is 5.92 Å². The van der Waals surface area contributed by atoms with E-state index in [4.69, 9.17) is 0 Å². The molecule has 1 saturated carbocycles. The summed E-state index contributed by atoms with van der Waals surface area (Å²) >= 11 is 0. The summed E-state index contributed by atoms with van der Waals surface area (Å²) in [6, 6.07) is 7.15. The molecule has 1 fully saturated rings. The van der Waals surface area contributed by atoms with Crippen molar-refractivity contribution in [1.29, 1.82) is 0 Å². The first-order valence-electron chi connectivity index (χ1n) is 6.30. The highest BCUT2D eigenvalue weighted by Gasteiger charge is 2.28. The van der Waals surface area contributed by atoms with Gasteiger partial charge in [-0.3, -0.25) is 9.59 Å². The minimum absolute atomic E-state index is 0.0777. The summed E-state index contributed by atoms with van der Waals surface area (Å²) < 4.78 is 0. The smallest absolute Gasteiger partial charge is 0.252 e. The summed E-state index contributed by atoms with van der Waals surface area (Å²) in [5.41, 5.74) is 1.22. The Labute approximate surface area is 112 Å². The van der Waals surface area contributed by atoms with Gasteiger partial charge in [-0.05, 0) is 25.0 Å². The Kier molecular flexibility index (Phi) is 4.19. The lowest BCUT2D eigenvalue weighted by Crippen LogP contribution is -2.24. The monoisotopic (exact) mass is 256 g/mol. The number of nitrogens with one attached hydrogen (secondary N) is 2. The summed E-state index contributed by atoms with van der Waals surface area (Å²) in [5.74, 6) is 5.90. The lowest BCUT2D eigenvalue weighted by molar-refractivity contribution is -0.122. The van der Waals surface area contributed by atoms with Crippen LogP contribution in [0.5, 0.6) is 0 Å². The van der Waals surface area contributed by atoms with Gasteiger partial charge in [0.25, 0.3) is 5.91 Å². The van der Waals surface area contributed by atoms with Gasteiger partial charge in [0.05, 0.1) is 12.1 Å². The first-order valence-corrected chi connectivity index (χ1v) is 6.30. The van der Waals surface area contributed by atoms with Crippen LogP contribution < -0.4 is 10.6 Å². The van der Waals surface area contributed by atoms with Crippen molar-refractivity contribution in [3.63, 3.8) is 0 Å². The molecule has 1 aromatic rings. The Morgan fingerprint density at radius 3 is 2.74 bits per heavy atom. The normalized spacial score (nSPS) is 13.1. The highest BCUT2D eigenvalue weighted by molar-refractivity contribution is 5.96. The van der Waals surface area contributed by atoms with Gasteiger partial charge in [0.1, 0.15) is 0 Å². The molecule has 2 amide bonds. The van der Waals surface area contributed by atoms with E-state index in [1.807, 2.05) is 6.07 Å². The van der Waals surface area contributed by atoms with Crippen LogP contribution in [0.1, 0.15) is 28.8 Å². The molecule has 2 rings (SSSR count). The maximum Gasteiger partial charge on any atom is 0.252 e. The molecular weight excluding hydrogens is 240 g/mol. The molecular formula is C15H16N2O2. The molecule has 1 aliphatic rings. The quantitative estimate of drug-likeness (QED) is 0.790. The van der Waals surface area contributed by atoms with Crippen LogP contribution in [0.3, 0.4) is 0 Å². The predicted molar refractivity (Wildman–Crippen MR) is 72.4 cm³/mol. The van der Waals surface area contributed by atoms with Crippen molar-refractivity contribution in [2.75, 3.05) is 13.6 Å². The fraction of sp³-hybridized carbons (Fsp3) is 0.333. The maximum absolute atomic E-state index is 11.6. The van der Waals surface area contributed by atoms with Gasteiger partial charge in [-0.2, -0.15) is 0 Å². The number of hydrogen-bond acceptors (Lipinski definition) is 2. The number of carbonyl (C=O) groups excluding carboxylic acids is 2. The van der Waals surface area contributed by atoms with Gasteiger partial charge in [0, 0.05) is 18.5 Å². The fourth-order valence-electron chi connectivity index (χ4n) is 1.69. The van der Waals surface area contributed by atoms with E-state index in [1.54, 1.807) is 25.2 Å². The van der Waals surface area contributed by atoms with Gasteiger partial charge in [0.15, 0.2) is 0 Å². The van der Waals surface area contributed by atoms with Crippen LogP contribution in [-0.2, 0) is 4.79 Å². The zero-order valence-corrected chi connectivity index (χ0v) is 10.8. The molecule has 0 saturated heterocycles. The Morgan fingerprint density at radius 1 is 1.32 bits per heavy atom. The number of benzene rings is 1. The van der Waals surface area contributed by atoms with E-state index in [-0.39, 0.29) is 17.7 Å². The second-order valence-corrected chi connectivity index (χ2v) is 4.42. The lowest BCUT2D eigenvalue weighted by Gasteiger charge is -2.02. The Bertz CT molecular complexity index is 551. The van der Waals surface area contributed by atoms with Gasteiger partial charge in [-0.1, -0.05) is 24.0 Å². The molecule has 98 valence electrons. The van der Waals surface area contributed by atoms with Crippen LogP contribution in [-0.4, -0.2) is 25.4 Å². The average Bonchev–Trinajstić information content (AvgIpc) is 3.27. The SMILES string of the molecule is CNC(=O)c1ccccc1C#CCNC(=O)C1CC1. The number of amides is 2. The third-order valence-electron chi connectivity index (χ3n) is 2.92. The summed E-state index contributed by atoms with van der Waals surface area (Å²) in [6.45, 7) is 0.317. The first-order chi connectivity index (χ1) is 9.22. The molecule has 0 radical (unpaired) electrons. The summed E-state index contributed by atoms with van der Waals surface area (Å²) in [7, 11) is 1.59. The summed E-state index contributed by atoms with van der Waals surface area (Å²) in [4.78, 5) is 23.0. The van der Waals surface area contributed by atoms with Gasteiger partial charge in [-0.15, -0.1) is 0 Å². The third-order valence-corrected chi connectivity index (χ3v) is 2.92. The van der Waals surface area contributed by atoms with Gasteiger partial charge in [-0.25, -0.2) is 0 Å². The van der Waals surface area contributed by atoms with E-state index < -0.39 is 0 Å². The Morgan fingerprint density at radius 2 is 2.05 bits per heavy atom. The van der Waals surface area contributed by atoms with Crippen LogP contribution in [0.25, 0.3) is 0 Å². The first kappa shape index (κ1) is 13.2. The highest BCUT2D eigenvalue weighted by Crippen LogP contribution is 2.28. The van der Waals surface area contributed by atoms with Crippen molar-refractivity contribution < 1.29 is 9.59 Å². The standard InChI is InChI=1S/C15H16N2O2/c1-16-15(19)13-7-3-2-5-11(13)6-4-10-17-14(18)12-8-9-12/h2-3,5,7,12H,8-10H2,1H3,(H,16,19)(H,17,18). The summed E-state index contributed by atoms with van der Waals surface area (Å²) in [5, 5.41) is 5.34. The third kappa shape index (κ3) is 3.59. The van der Waals surface area contributed by atoms with E-state index in [9.17, 15) is 9.59 Å². The average molecular weight is 256 g/mol. The lowest BCUT2D eigenvalue weighted by atomic mass is 10.1. The highest BCUT2D eigenvalue weighted by atomic mass is 16.2. The van der Waals surface area contributed by atoms with Crippen molar-refractivity contribution in [1.82, 2.24) is 10.6 Å². The van der Waals surface area contributed by atoms with Crippen LogP contribution >= 0.6 is 0 Å². The van der Waals surface area contributed by atoms with Crippen molar-refractivity contribution in [3.05, 3.63) is 35.4 Å². The molecule has 4 heteroatoms. The summed E-state index contributed by atoms with van der Waals surface area (Å²) in [6.07, 6.45) is 1.97. The Hall–Kier alpha value is -2.28. The zero-order chi connectivity index (χ0) is 13.7. The van der Waals surface area contributed by atoms with E-state index in [0.717, 1.165) is 12.8 Å². The van der Waals surface area contributed by atoms with Gasteiger partial charge < -0.3 is 10.6 Å². The molecule has 19 heavy (non-hydrogen) atoms. The van der Waals surface area contributed by atoms with E-state index in [1.165, 1.54) is 0 Å². The van der Waals surface area contributed by atoms with Crippen LogP contribution in [0.4, 0.5) is 0 Å². The molecule has 1 aromatic carbocycles. The molecule has 1 aliphatic carbocycles. The predicted octanol–water partition coefficient (Wildman–Crippen LogP) is 0.924. The fourth-order valence-corrected chi connectivity index (χ4v) is 1.69. The molecule has 4 nitrogen and oxygen atoms in total.